The van der Waals surface area contributed by atoms with Crippen LogP contribution in [-0.4, -0.2) is 24.3 Å². The molecule has 0 heterocycles. The second kappa shape index (κ2) is 17.0. The molecule has 0 aromatic heterocycles. The summed E-state index contributed by atoms with van der Waals surface area (Å²) in [6.07, 6.45) is 16.2. The molecule has 0 atom stereocenters. The molecule has 21 heavy (non-hydrogen) atoms. The van der Waals surface area contributed by atoms with E-state index in [0.717, 1.165) is 19.4 Å². The van der Waals surface area contributed by atoms with Gasteiger partial charge in [-0.05, 0) is 25.0 Å². The molecule has 3 heteroatoms. The van der Waals surface area contributed by atoms with E-state index in [4.69, 9.17) is 9.84 Å². The Morgan fingerprint density at radius 1 is 0.952 bits per heavy atom. The molecule has 0 spiro atoms. The average Bonchev–Trinajstić information content (AvgIpc) is 2.46. The Morgan fingerprint density at radius 2 is 1.57 bits per heavy atom. The number of aliphatic carboxylic acids is 1. The van der Waals surface area contributed by atoms with Crippen LogP contribution in [0.25, 0.3) is 0 Å². The molecular weight excluding hydrogens is 264 g/mol. The van der Waals surface area contributed by atoms with Gasteiger partial charge in [-0.25, -0.2) is 0 Å². The van der Waals surface area contributed by atoms with Gasteiger partial charge in [0, 0.05) is 6.61 Å². The molecule has 0 saturated heterocycles. The first-order valence-corrected chi connectivity index (χ1v) is 8.46. The van der Waals surface area contributed by atoms with E-state index in [0.29, 0.717) is 6.61 Å². The van der Waals surface area contributed by atoms with E-state index in [2.05, 4.69) is 12.7 Å². The molecule has 0 aliphatic carbocycles. The van der Waals surface area contributed by atoms with Crippen molar-refractivity contribution < 1.29 is 14.6 Å². The first-order valence-electron chi connectivity index (χ1n) is 8.46. The Labute approximate surface area is 130 Å². The summed E-state index contributed by atoms with van der Waals surface area (Å²) < 4.78 is 5.52. The van der Waals surface area contributed by atoms with Crippen LogP contribution in [0.4, 0.5) is 0 Å². The summed E-state index contributed by atoms with van der Waals surface area (Å²) in [7, 11) is 0. The third kappa shape index (κ3) is 18.9. The van der Waals surface area contributed by atoms with E-state index >= 15 is 0 Å². The number of unbranched alkanes of at least 4 members (excludes halogenated alkanes) is 8. The highest BCUT2D eigenvalue weighted by molar-refractivity contribution is 5.68. The number of carbonyl (C=O) groups is 1. The van der Waals surface area contributed by atoms with E-state index < -0.39 is 5.97 Å². The molecule has 0 saturated carbocycles. The van der Waals surface area contributed by atoms with Crippen molar-refractivity contribution in [3.8, 4) is 0 Å². The maximum atomic E-state index is 10.2. The van der Waals surface area contributed by atoms with Crippen LogP contribution in [0.2, 0.25) is 0 Å². The minimum atomic E-state index is -0.822. The van der Waals surface area contributed by atoms with Crippen molar-refractivity contribution >= 4 is 5.97 Å². The molecule has 0 rings (SSSR count). The second-order valence-corrected chi connectivity index (χ2v) is 5.40. The minimum absolute atomic E-state index is 0.0375. The van der Waals surface area contributed by atoms with E-state index in [9.17, 15) is 4.79 Å². The SMILES string of the molecule is CCCCCCCCCCCOCCC=C=CCC(=O)O. The predicted octanol–water partition coefficient (Wildman–Crippen LogP) is 5.11. The fraction of sp³-hybridized carbons (Fsp3) is 0.778. The normalized spacial score (nSPS) is 10.1. The predicted molar refractivity (Wildman–Crippen MR) is 87.6 cm³/mol. The Kier molecular flexibility index (Phi) is 16.2. The van der Waals surface area contributed by atoms with Gasteiger partial charge in [0.15, 0.2) is 0 Å². The van der Waals surface area contributed by atoms with E-state index in [1.807, 2.05) is 6.08 Å². The van der Waals surface area contributed by atoms with Crippen molar-refractivity contribution in [2.75, 3.05) is 13.2 Å². The molecule has 0 amide bonds. The maximum Gasteiger partial charge on any atom is 0.307 e. The summed E-state index contributed by atoms with van der Waals surface area (Å²) in [4.78, 5) is 10.2. The molecule has 0 radical (unpaired) electrons. The minimum Gasteiger partial charge on any atom is -0.481 e. The van der Waals surface area contributed by atoms with Crippen molar-refractivity contribution in [1.29, 1.82) is 0 Å². The zero-order chi connectivity index (χ0) is 15.6. The van der Waals surface area contributed by atoms with Gasteiger partial charge >= 0.3 is 5.97 Å². The summed E-state index contributed by atoms with van der Waals surface area (Å²) in [5.41, 5.74) is 2.85. The highest BCUT2D eigenvalue weighted by Gasteiger charge is 1.92. The van der Waals surface area contributed by atoms with Gasteiger partial charge in [-0.15, -0.1) is 5.73 Å². The first-order chi connectivity index (χ1) is 10.3. The Morgan fingerprint density at radius 3 is 2.19 bits per heavy atom. The van der Waals surface area contributed by atoms with Crippen molar-refractivity contribution in [1.82, 2.24) is 0 Å². The van der Waals surface area contributed by atoms with Crippen LogP contribution in [0.5, 0.6) is 0 Å². The van der Waals surface area contributed by atoms with Crippen LogP contribution in [0.15, 0.2) is 17.9 Å². The summed E-state index contributed by atoms with van der Waals surface area (Å²) in [6.45, 7) is 3.79. The number of carboxylic acids is 1. The molecule has 1 N–H and O–H groups in total. The second-order valence-electron chi connectivity index (χ2n) is 5.40. The Hall–Kier alpha value is -1.05. The van der Waals surface area contributed by atoms with Crippen molar-refractivity contribution in [3.63, 3.8) is 0 Å². The molecule has 0 aliphatic rings. The van der Waals surface area contributed by atoms with Gasteiger partial charge in [-0.3, -0.25) is 4.79 Å². The zero-order valence-corrected chi connectivity index (χ0v) is 13.6. The third-order valence-electron chi connectivity index (χ3n) is 3.31. The fourth-order valence-electron chi connectivity index (χ4n) is 2.07. The van der Waals surface area contributed by atoms with Gasteiger partial charge < -0.3 is 9.84 Å². The topological polar surface area (TPSA) is 46.5 Å². The molecule has 0 fully saturated rings. The Balaban J connectivity index is 3.12. The lowest BCUT2D eigenvalue weighted by Crippen LogP contribution is -1.95. The molecule has 0 unspecified atom stereocenters. The first kappa shape index (κ1) is 19.9. The monoisotopic (exact) mass is 296 g/mol. The fourth-order valence-corrected chi connectivity index (χ4v) is 2.07. The van der Waals surface area contributed by atoms with Gasteiger partial charge in [0.05, 0.1) is 13.0 Å². The summed E-state index contributed by atoms with van der Waals surface area (Å²) >= 11 is 0. The Bertz CT molecular complexity index is 291. The van der Waals surface area contributed by atoms with Crippen molar-refractivity contribution in [2.45, 2.75) is 77.6 Å². The molecule has 0 aromatic carbocycles. The lowest BCUT2D eigenvalue weighted by Gasteiger charge is -2.03. The summed E-state index contributed by atoms with van der Waals surface area (Å²) in [6, 6.07) is 0. The summed E-state index contributed by atoms with van der Waals surface area (Å²) in [5, 5.41) is 8.42. The van der Waals surface area contributed by atoms with Gasteiger partial charge in [-0.1, -0.05) is 58.3 Å². The molecule has 0 bridgehead atoms. The van der Waals surface area contributed by atoms with Gasteiger partial charge in [0.25, 0.3) is 0 Å². The smallest absolute Gasteiger partial charge is 0.307 e. The number of hydrogen-bond donors (Lipinski definition) is 1. The van der Waals surface area contributed by atoms with E-state index in [-0.39, 0.29) is 6.42 Å². The van der Waals surface area contributed by atoms with Gasteiger partial charge in [0.2, 0.25) is 0 Å². The number of hydrogen-bond acceptors (Lipinski definition) is 2. The average molecular weight is 296 g/mol. The van der Waals surface area contributed by atoms with Crippen LogP contribution in [0, 0.1) is 0 Å². The highest BCUT2D eigenvalue weighted by Crippen LogP contribution is 2.09. The van der Waals surface area contributed by atoms with Crippen LogP contribution in [0.3, 0.4) is 0 Å². The van der Waals surface area contributed by atoms with Crippen molar-refractivity contribution in [2.24, 2.45) is 0 Å². The lowest BCUT2D eigenvalue weighted by molar-refractivity contribution is -0.135. The summed E-state index contributed by atoms with van der Waals surface area (Å²) in [5.74, 6) is -0.822. The quantitative estimate of drug-likeness (QED) is 0.337. The van der Waals surface area contributed by atoms with E-state index in [1.165, 1.54) is 57.4 Å². The number of carboxylic acid groups (broad SMARTS) is 1. The van der Waals surface area contributed by atoms with Crippen molar-refractivity contribution in [3.05, 3.63) is 17.9 Å². The number of rotatable bonds is 15. The van der Waals surface area contributed by atoms with E-state index in [1.54, 1.807) is 0 Å². The van der Waals surface area contributed by atoms with Gasteiger partial charge in [0.1, 0.15) is 0 Å². The third-order valence-corrected chi connectivity index (χ3v) is 3.31. The van der Waals surface area contributed by atoms with Crippen LogP contribution >= 0.6 is 0 Å². The van der Waals surface area contributed by atoms with Crippen LogP contribution in [-0.2, 0) is 9.53 Å². The molecule has 0 aliphatic heterocycles. The standard InChI is InChI=1S/C18H32O3/c1-2-3-4-5-6-7-8-10-13-16-21-17-14-11-9-12-15-18(19)20/h11-12H,2-8,10,13-17H2,1H3,(H,19,20). The molecular formula is C18H32O3. The van der Waals surface area contributed by atoms with Gasteiger partial charge in [-0.2, -0.15) is 0 Å². The maximum absolute atomic E-state index is 10.2. The largest absolute Gasteiger partial charge is 0.481 e. The highest BCUT2D eigenvalue weighted by atomic mass is 16.5. The van der Waals surface area contributed by atoms with Crippen LogP contribution < -0.4 is 0 Å². The molecule has 0 aromatic rings. The van der Waals surface area contributed by atoms with Crippen LogP contribution in [0.1, 0.15) is 77.6 Å². The molecule has 122 valence electrons. The number of ether oxygens (including phenoxy) is 1. The lowest BCUT2D eigenvalue weighted by atomic mass is 10.1. The zero-order valence-electron chi connectivity index (χ0n) is 13.6. The molecule has 3 nitrogen and oxygen atoms in total.